The first-order chi connectivity index (χ1) is 13.6. The van der Waals surface area contributed by atoms with E-state index in [1.807, 2.05) is 0 Å². The molecule has 0 saturated carbocycles. The second-order valence-electron chi connectivity index (χ2n) is 7.28. The molecule has 2 amide bonds. The Morgan fingerprint density at radius 1 is 1.07 bits per heavy atom. The largest absolute Gasteiger partial charge is 0.493 e. The van der Waals surface area contributed by atoms with Crippen LogP contribution in [0.4, 0.5) is 11.4 Å². The molecule has 29 heavy (non-hydrogen) atoms. The van der Waals surface area contributed by atoms with Gasteiger partial charge in [0.1, 0.15) is 0 Å². The van der Waals surface area contributed by atoms with Gasteiger partial charge in [-0.15, -0.1) is 0 Å². The summed E-state index contributed by atoms with van der Waals surface area (Å²) in [7, 11) is -0.795. The minimum absolute atomic E-state index is 0.139. The van der Waals surface area contributed by atoms with E-state index < -0.39 is 27.3 Å². The van der Waals surface area contributed by atoms with Gasteiger partial charge in [-0.1, -0.05) is 6.07 Å². The molecular weight excluding hydrogens is 396 g/mol. The summed E-state index contributed by atoms with van der Waals surface area (Å²) in [6, 6.07) is 10.9. The summed E-state index contributed by atoms with van der Waals surface area (Å²) in [5.74, 6) is -0.277. The maximum Gasteiger partial charge on any atom is 0.255 e. The average molecular weight is 418 g/mol. The van der Waals surface area contributed by atoms with Crippen LogP contribution in [0.2, 0.25) is 0 Å². The zero-order chi connectivity index (χ0) is 21.4. The molecular formula is C20H22N2O6S. The van der Waals surface area contributed by atoms with Gasteiger partial charge in [0.2, 0.25) is 15.9 Å². The third-order valence-corrected chi connectivity index (χ3v) is 6.59. The van der Waals surface area contributed by atoms with Crippen LogP contribution >= 0.6 is 0 Å². The van der Waals surface area contributed by atoms with E-state index >= 15 is 0 Å². The number of sulfonamides is 1. The van der Waals surface area contributed by atoms with Crippen LogP contribution in [0, 0.1) is 5.41 Å². The predicted octanol–water partition coefficient (Wildman–Crippen LogP) is 2.66. The summed E-state index contributed by atoms with van der Waals surface area (Å²) in [6.45, 7) is 3.17. The highest BCUT2D eigenvalue weighted by atomic mass is 32.2. The van der Waals surface area contributed by atoms with Crippen molar-refractivity contribution in [2.45, 2.75) is 13.8 Å². The smallest absolute Gasteiger partial charge is 0.255 e. The number of methoxy groups -OCH3 is 2. The summed E-state index contributed by atoms with van der Waals surface area (Å²) in [6.07, 6.45) is 0. The number of benzene rings is 2. The van der Waals surface area contributed by atoms with Crippen molar-refractivity contribution in [3.05, 3.63) is 48.0 Å². The van der Waals surface area contributed by atoms with Crippen molar-refractivity contribution in [2.24, 2.45) is 5.41 Å². The molecule has 2 aromatic carbocycles. The van der Waals surface area contributed by atoms with Gasteiger partial charge >= 0.3 is 0 Å². The highest BCUT2D eigenvalue weighted by Crippen LogP contribution is 2.36. The van der Waals surface area contributed by atoms with Gasteiger partial charge in [0.15, 0.2) is 11.5 Å². The molecule has 0 aliphatic carbocycles. The summed E-state index contributed by atoms with van der Waals surface area (Å²) in [4.78, 5) is 25.2. The van der Waals surface area contributed by atoms with E-state index in [1.54, 1.807) is 32.0 Å². The Labute approximate surface area is 169 Å². The van der Waals surface area contributed by atoms with Crippen molar-refractivity contribution < 1.29 is 27.5 Å². The maximum atomic E-state index is 12.7. The van der Waals surface area contributed by atoms with Crippen molar-refractivity contribution >= 4 is 33.2 Å². The first-order valence-electron chi connectivity index (χ1n) is 8.80. The van der Waals surface area contributed by atoms with Crippen molar-refractivity contribution in [1.29, 1.82) is 0 Å². The van der Waals surface area contributed by atoms with Crippen LogP contribution in [0.3, 0.4) is 0 Å². The van der Waals surface area contributed by atoms with Gasteiger partial charge < -0.3 is 14.8 Å². The third-order valence-electron chi connectivity index (χ3n) is 4.57. The number of carbonyl (C=O) groups is 2. The number of nitrogens with one attached hydrogen (secondary N) is 1. The molecule has 1 heterocycles. The summed E-state index contributed by atoms with van der Waals surface area (Å²) >= 11 is 0. The fourth-order valence-corrected chi connectivity index (χ4v) is 5.25. The van der Waals surface area contributed by atoms with Crippen molar-refractivity contribution in [3.8, 4) is 11.5 Å². The summed E-state index contributed by atoms with van der Waals surface area (Å²) in [5, 5.41) is 2.72. The molecule has 1 fully saturated rings. The molecule has 1 aliphatic rings. The zero-order valence-corrected chi connectivity index (χ0v) is 17.4. The monoisotopic (exact) mass is 418 g/mol. The van der Waals surface area contributed by atoms with E-state index in [4.69, 9.17) is 9.47 Å². The Hall–Kier alpha value is -3.07. The van der Waals surface area contributed by atoms with Crippen LogP contribution < -0.4 is 19.1 Å². The van der Waals surface area contributed by atoms with Gasteiger partial charge in [0.05, 0.1) is 31.1 Å². The molecule has 0 unspecified atom stereocenters. The first-order valence-corrected chi connectivity index (χ1v) is 10.4. The second-order valence-corrected chi connectivity index (χ2v) is 9.10. The molecule has 154 valence electrons. The molecule has 0 atom stereocenters. The van der Waals surface area contributed by atoms with Crippen LogP contribution in [0.1, 0.15) is 24.2 Å². The van der Waals surface area contributed by atoms with E-state index in [0.717, 1.165) is 4.31 Å². The molecule has 0 aromatic heterocycles. The normalized spacial score (nSPS) is 17.1. The van der Waals surface area contributed by atoms with E-state index in [1.165, 1.54) is 38.5 Å². The first kappa shape index (κ1) is 20.7. The SMILES string of the molecule is COc1ccc(NC(=O)c2cccc(N3C(=O)C(C)(C)CS3(=O)=O)c2)cc1OC. The molecule has 3 rings (SSSR count). The lowest BCUT2D eigenvalue weighted by atomic mass is 9.95. The number of carbonyl (C=O) groups excluding carboxylic acids is 2. The Kier molecular flexibility index (Phi) is 5.27. The van der Waals surface area contributed by atoms with E-state index in [9.17, 15) is 18.0 Å². The standard InChI is InChI=1S/C20H22N2O6S/c1-20(2)12-29(25,26)22(19(20)24)15-7-5-6-13(10-15)18(23)21-14-8-9-16(27-3)17(11-14)28-4/h5-11H,12H2,1-4H3,(H,21,23). The van der Waals surface area contributed by atoms with Crippen LogP contribution in [-0.2, 0) is 14.8 Å². The number of ether oxygens (including phenoxy) is 2. The van der Waals surface area contributed by atoms with E-state index in [0.29, 0.717) is 17.2 Å². The fourth-order valence-electron chi connectivity index (χ4n) is 3.15. The summed E-state index contributed by atoms with van der Waals surface area (Å²) < 4.78 is 36.1. The zero-order valence-electron chi connectivity index (χ0n) is 16.6. The lowest BCUT2D eigenvalue weighted by Crippen LogP contribution is -2.33. The topological polar surface area (TPSA) is 102 Å². The quantitative estimate of drug-likeness (QED) is 0.801. The van der Waals surface area contributed by atoms with Crippen LogP contribution in [0.15, 0.2) is 42.5 Å². The number of nitrogens with zero attached hydrogens (tertiary/aromatic N) is 1. The minimum Gasteiger partial charge on any atom is -0.493 e. The molecule has 8 nitrogen and oxygen atoms in total. The number of amides is 2. The summed E-state index contributed by atoms with van der Waals surface area (Å²) in [5.41, 5.74) is -0.189. The Bertz CT molecular complexity index is 1080. The van der Waals surface area contributed by atoms with Gasteiger partial charge in [0.25, 0.3) is 5.91 Å². The lowest BCUT2D eigenvalue weighted by molar-refractivity contribution is -0.123. The highest BCUT2D eigenvalue weighted by Gasteiger charge is 2.49. The van der Waals surface area contributed by atoms with Crippen LogP contribution in [0.5, 0.6) is 11.5 Å². The lowest BCUT2D eigenvalue weighted by Gasteiger charge is -2.18. The van der Waals surface area contributed by atoms with Crippen molar-refractivity contribution in [2.75, 3.05) is 29.6 Å². The van der Waals surface area contributed by atoms with Gasteiger partial charge in [-0.05, 0) is 44.2 Å². The predicted molar refractivity (Wildman–Crippen MR) is 109 cm³/mol. The number of hydrogen-bond donors (Lipinski definition) is 1. The van der Waals surface area contributed by atoms with Crippen molar-refractivity contribution in [1.82, 2.24) is 0 Å². The molecule has 2 aromatic rings. The van der Waals surface area contributed by atoms with Crippen LogP contribution in [0.25, 0.3) is 0 Å². The van der Waals surface area contributed by atoms with Gasteiger partial charge in [0, 0.05) is 17.3 Å². The molecule has 1 aliphatic heterocycles. The molecule has 0 spiro atoms. The average Bonchev–Trinajstić information content (AvgIpc) is 2.84. The Morgan fingerprint density at radius 2 is 1.76 bits per heavy atom. The van der Waals surface area contributed by atoms with E-state index in [-0.39, 0.29) is 17.0 Å². The number of hydrogen-bond acceptors (Lipinski definition) is 6. The third kappa shape index (κ3) is 3.91. The van der Waals surface area contributed by atoms with Gasteiger partial charge in [-0.25, -0.2) is 12.7 Å². The number of rotatable bonds is 5. The van der Waals surface area contributed by atoms with Gasteiger partial charge in [-0.2, -0.15) is 0 Å². The highest BCUT2D eigenvalue weighted by molar-refractivity contribution is 7.94. The fraction of sp³-hybridized carbons (Fsp3) is 0.300. The maximum absolute atomic E-state index is 12.7. The molecule has 1 saturated heterocycles. The molecule has 9 heteroatoms. The van der Waals surface area contributed by atoms with Gasteiger partial charge in [-0.3, -0.25) is 9.59 Å². The second kappa shape index (κ2) is 7.40. The number of anilines is 2. The van der Waals surface area contributed by atoms with E-state index in [2.05, 4.69) is 5.32 Å². The minimum atomic E-state index is -3.79. The molecule has 1 N–H and O–H groups in total. The Morgan fingerprint density at radius 3 is 2.34 bits per heavy atom. The Balaban J connectivity index is 1.88. The van der Waals surface area contributed by atoms with Crippen molar-refractivity contribution in [3.63, 3.8) is 0 Å². The molecule has 0 radical (unpaired) electrons. The van der Waals surface area contributed by atoms with Crippen LogP contribution in [-0.4, -0.2) is 40.2 Å². The molecule has 0 bridgehead atoms.